The normalized spacial score (nSPS) is 23.0. The van der Waals surface area contributed by atoms with E-state index in [0.29, 0.717) is 12.5 Å². The molecule has 2 rings (SSSR count). The van der Waals surface area contributed by atoms with Crippen LogP contribution in [-0.4, -0.2) is 37.2 Å². The predicted molar refractivity (Wildman–Crippen MR) is 75.3 cm³/mol. The maximum Gasteiger partial charge on any atom is 0.321 e. The molecule has 2 atom stereocenters. The fourth-order valence-corrected chi connectivity index (χ4v) is 2.44. The number of ether oxygens (including phenoxy) is 1. The van der Waals surface area contributed by atoms with Gasteiger partial charge in [-0.05, 0) is 36.6 Å². The van der Waals surface area contributed by atoms with E-state index in [0.717, 1.165) is 24.4 Å². The molecule has 1 aliphatic heterocycles. The highest BCUT2D eigenvalue weighted by atomic mass is 16.5. The summed E-state index contributed by atoms with van der Waals surface area (Å²) in [5.41, 5.74) is 6.71. The average Bonchev–Trinajstić information content (AvgIpc) is 2.38. The number of hydrogen-bond acceptors (Lipinski definition) is 3. The minimum Gasteiger partial charge on any atom is -0.497 e. The lowest BCUT2D eigenvalue weighted by molar-refractivity contribution is 0.172. The van der Waals surface area contributed by atoms with Crippen LogP contribution in [0.4, 0.5) is 10.5 Å². The largest absolute Gasteiger partial charge is 0.497 e. The molecular weight excluding hydrogens is 242 g/mol. The molecule has 1 heterocycles. The first kappa shape index (κ1) is 13.7. The molecule has 1 aromatic rings. The zero-order valence-electron chi connectivity index (χ0n) is 11.4. The number of carbonyl (C=O) groups is 1. The van der Waals surface area contributed by atoms with E-state index >= 15 is 0 Å². The average molecular weight is 263 g/mol. The molecule has 1 aromatic carbocycles. The first-order valence-electron chi connectivity index (χ1n) is 6.54. The van der Waals surface area contributed by atoms with Gasteiger partial charge in [-0.3, -0.25) is 0 Å². The van der Waals surface area contributed by atoms with Crippen molar-refractivity contribution >= 4 is 11.7 Å². The molecule has 2 amide bonds. The van der Waals surface area contributed by atoms with Gasteiger partial charge in [-0.2, -0.15) is 0 Å². The molecule has 3 N–H and O–H groups in total. The standard InChI is InChI=1S/C14H21N3O2/c1-10-7-11(15)9-17(8-10)14(18)16-12-3-5-13(19-2)6-4-12/h3-6,10-11H,7-9,15H2,1-2H3,(H,16,18). The monoisotopic (exact) mass is 263 g/mol. The van der Waals surface area contributed by atoms with Crippen molar-refractivity contribution < 1.29 is 9.53 Å². The number of nitrogens with zero attached hydrogens (tertiary/aromatic N) is 1. The molecule has 19 heavy (non-hydrogen) atoms. The van der Waals surface area contributed by atoms with Crippen molar-refractivity contribution in [2.75, 3.05) is 25.5 Å². The van der Waals surface area contributed by atoms with Crippen LogP contribution in [0.3, 0.4) is 0 Å². The fraction of sp³-hybridized carbons (Fsp3) is 0.500. The third-order valence-electron chi connectivity index (χ3n) is 3.32. The summed E-state index contributed by atoms with van der Waals surface area (Å²) in [7, 11) is 1.62. The second-order valence-electron chi connectivity index (χ2n) is 5.16. The number of benzene rings is 1. The van der Waals surface area contributed by atoms with Gasteiger partial charge in [0.15, 0.2) is 0 Å². The van der Waals surface area contributed by atoms with Crippen molar-refractivity contribution in [3.63, 3.8) is 0 Å². The lowest BCUT2D eigenvalue weighted by Crippen LogP contribution is -2.50. The number of rotatable bonds is 2. The topological polar surface area (TPSA) is 67.6 Å². The highest BCUT2D eigenvalue weighted by molar-refractivity contribution is 5.89. The lowest BCUT2D eigenvalue weighted by Gasteiger charge is -2.34. The van der Waals surface area contributed by atoms with Crippen LogP contribution < -0.4 is 15.8 Å². The minimum absolute atomic E-state index is 0.0744. The van der Waals surface area contributed by atoms with Gasteiger partial charge in [0.05, 0.1) is 7.11 Å². The number of amides is 2. The van der Waals surface area contributed by atoms with E-state index < -0.39 is 0 Å². The SMILES string of the molecule is COc1ccc(NC(=O)N2CC(C)CC(N)C2)cc1. The van der Waals surface area contributed by atoms with Crippen LogP contribution in [0.1, 0.15) is 13.3 Å². The summed E-state index contributed by atoms with van der Waals surface area (Å²) in [4.78, 5) is 13.9. The van der Waals surface area contributed by atoms with E-state index in [1.165, 1.54) is 0 Å². The van der Waals surface area contributed by atoms with Crippen LogP contribution in [0.5, 0.6) is 5.75 Å². The quantitative estimate of drug-likeness (QED) is 0.856. The second kappa shape index (κ2) is 5.93. The smallest absolute Gasteiger partial charge is 0.321 e. The Morgan fingerprint density at radius 1 is 1.37 bits per heavy atom. The van der Waals surface area contributed by atoms with Gasteiger partial charge in [0.25, 0.3) is 0 Å². The van der Waals surface area contributed by atoms with Gasteiger partial charge in [-0.1, -0.05) is 6.92 Å². The predicted octanol–water partition coefficient (Wildman–Crippen LogP) is 1.90. The molecule has 0 radical (unpaired) electrons. The number of hydrogen-bond donors (Lipinski definition) is 2. The molecule has 1 saturated heterocycles. The fourth-order valence-electron chi connectivity index (χ4n) is 2.44. The highest BCUT2D eigenvalue weighted by Crippen LogP contribution is 2.18. The molecule has 0 spiro atoms. The molecule has 0 aliphatic carbocycles. The maximum absolute atomic E-state index is 12.1. The lowest BCUT2D eigenvalue weighted by atomic mass is 9.97. The van der Waals surface area contributed by atoms with Crippen LogP contribution in [0.15, 0.2) is 24.3 Å². The Labute approximate surface area is 113 Å². The number of likely N-dealkylation sites (tertiary alicyclic amines) is 1. The van der Waals surface area contributed by atoms with E-state index in [-0.39, 0.29) is 12.1 Å². The van der Waals surface area contributed by atoms with Crippen molar-refractivity contribution in [1.82, 2.24) is 4.90 Å². The summed E-state index contributed by atoms with van der Waals surface area (Å²) < 4.78 is 5.08. The highest BCUT2D eigenvalue weighted by Gasteiger charge is 2.25. The Bertz CT molecular complexity index is 423. The number of urea groups is 1. The van der Waals surface area contributed by atoms with Gasteiger partial charge in [-0.25, -0.2) is 4.79 Å². The van der Waals surface area contributed by atoms with Gasteiger partial charge >= 0.3 is 6.03 Å². The van der Waals surface area contributed by atoms with Gasteiger partial charge < -0.3 is 20.7 Å². The first-order valence-corrected chi connectivity index (χ1v) is 6.54. The number of piperidine rings is 1. The second-order valence-corrected chi connectivity index (χ2v) is 5.16. The third-order valence-corrected chi connectivity index (χ3v) is 3.32. The van der Waals surface area contributed by atoms with E-state index in [1.54, 1.807) is 12.0 Å². The third kappa shape index (κ3) is 3.61. The number of anilines is 1. The Morgan fingerprint density at radius 3 is 2.63 bits per heavy atom. The van der Waals surface area contributed by atoms with E-state index in [4.69, 9.17) is 10.5 Å². The maximum atomic E-state index is 12.1. The number of nitrogens with two attached hydrogens (primary N) is 1. The van der Waals surface area contributed by atoms with Crippen LogP contribution in [0.25, 0.3) is 0 Å². The van der Waals surface area contributed by atoms with Gasteiger partial charge in [0.2, 0.25) is 0 Å². The molecule has 0 saturated carbocycles. The van der Waals surface area contributed by atoms with Gasteiger partial charge in [-0.15, -0.1) is 0 Å². The minimum atomic E-state index is -0.0906. The zero-order valence-corrected chi connectivity index (χ0v) is 11.4. The first-order chi connectivity index (χ1) is 9.08. The molecular formula is C14H21N3O2. The van der Waals surface area contributed by atoms with Gasteiger partial charge in [0, 0.05) is 24.8 Å². The van der Waals surface area contributed by atoms with Crippen molar-refractivity contribution in [2.24, 2.45) is 11.7 Å². The van der Waals surface area contributed by atoms with E-state index in [1.807, 2.05) is 24.3 Å². The Kier molecular flexibility index (Phi) is 4.27. The van der Waals surface area contributed by atoms with Crippen LogP contribution in [0.2, 0.25) is 0 Å². The van der Waals surface area contributed by atoms with Crippen molar-refractivity contribution in [3.8, 4) is 5.75 Å². The van der Waals surface area contributed by atoms with Crippen LogP contribution in [0, 0.1) is 5.92 Å². The summed E-state index contributed by atoms with van der Waals surface area (Å²) >= 11 is 0. The van der Waals surface area contributed by atoms with E-state index in [2.05, 4.69) is 12.2 Å². The number of nitrogens with one attached hydrogen (secondary N) is 1. The summed E-state index contributed by atoms with van der Waals surface area (Å²) in [5, 5.41) is 2.88. The summed E-state index contributed by atoms with van der Waals surface area (Å²) in [6.45, 7) is 3.49. The van der Waals surface area contributed by atoms with Crippen molar-refractivity contribution in [1.29, 1.82) is 0 Å². The Morgan fingerprint density at radius 2 is 2.05 bits per heavy atom. The van der Waals surface area contributed by atoms with Crippen molar-refractivity contribution in [2.45, 2.75) is 19.4 Å². The van der Waals surface area contributed by atoms with Gasteiger partial charge in [0.1, 0.15) is 5.75 Å². The van der Waals surface area contributed by atoms with Crippen LogP contribution >= 0.6 is 0 Å². The molecule has 1 aliphatic rings. The molecule has 5 heteroatoms. The van der Waals surface area contributed by atoms with E-state index in [9.17, 15) is 4.79 Å². The summed E-state index contributed by atoms with van der Waals surface area (Å²) in [6.07, 6.45) is 0.978. The molecule has 104 valence electrons. The number of carbonyl (C=O) groups excluding carboxylic acids is 1. The molecule has 2 unspecified atom stereocenters. The summed E-state index contributed by atoms with van der Waals surface area (Å²) in [6, 6.07) is 7.27. The molecule has 0 aromatic heterocycles. The zero-order chi connectivity index (χ0) is 13.8. The Balaban J connectivity index is 1.96. The molecule has 0 bridgehead atoms. The number of methoxy groups -OCH3 is 1. The van der Waals surface area contributed by atoms with Crippen LogP contribution in [-0.2, 0) is 0 Å². The van der Waals surface area contributed by atoms with Crippen molar-refractivity contribution in [3.05, 3.63) is 24.3 Å². The molecule has 5 nitrogen and oxygen atoms in total. The Hall–Kier alpha value is -1.75. The molecule has 1 fully saturated rings. The summed E-state index contributed by atoms with van der Waals surface area (Å²) in [5.74, 6) is 1.22.